The Morgan fingerprint density at radius 2 is 1.86 bits per heavy atom. The molecule has 0 amide bonds. The summed E-state index contributed by atoms with van der Waals surface area (Å²) in [5, 5.41) is 3.34. The first kappa shape index (κ1) is 13.9. The van der Waals surface area contributed by atoms with E-state index in [0.717, 1.165) is 22.0 Å². The van der Waals surface area contributed by atoms with Gasteiger partial charge in [-0.05, 0) is 47.7 Å². The van der Waals surface area contributed by atoms with Crippen molar-refractivity contribution < 1.29 is 8.78 Å². The molecule has 4 heteroatoms. The molecule has 1 aliphatic carbocycles. The van der Waals surface area contributed by atoms with Gasteiger partial charge < -0.3 is 5.32 Å². The minimum absolute atomic E-state index is 0.0104. The summed E-state index contributed by atoms with van der Waals surface area (Å²) in [6.45, 7) is 0. The van der Waals surface area contributed by atoms with Crippen LogP contribution in [-0.4, -0.2) is 0 Å². The molecular weight excluding hydrogens is 348 g/mol. The molecule has 0 aromatic heterocycles. The first-order chi connectivity index (χ1) is 10.6. The van der Waals surface area contributed by atoms with Crippen LogP contribution in [0.4, 0.5) is 14.5 Å². The maximum Gasteiger partial charge on any atom is 0.147 e. The monoisotopic (exact) mass is 361 g/mol. The summed E-state index contributed by atoms with van der Waals surface area (Å²) in [4.78, 5) is 0. The summed E-state index contributed by atoms with van der Waals surface area (Å²) < 4.78 is 28.3. The average molecular weight is 362 g/mol. The van der Waals surface area contributed by atoms with E-state index in [1.165, 1.54) is 18.2 Å². The number of halogens is 3. The predicted molar refractivity (Wildman–Crippen MR) is 86.9 cm³/mol. The van der Waals surface area contributed by atoms with Crippen molar-refractivity contribution in [1.29, 1.82) is 0 Å². The van der Waals surface area contributed by atoms with E-state index in [-0.39, 0.29) is 23.6 Å². The van der Waals surface area contributed by atoms with Crippen molar-refractivity contribution in [2.24, 2.45) is 5.92 Å². The van der Waals surface area contributed by atoms with Crippen molar-refractivity contribution in [3.8, 4) is 0 Å². The third-order valence-corrected chi connectivity index (χ3v) is 5.07. The first-order valence-electron chi connectivity index (χ1n) is 7.31. The highest BCUT2D eigenvalue weighted by Crippen LogP contribution is 2.50. The lowest BCUT2D eigenvalue weighted by molar-refractivity contribution is 0.420. The molecule has 1 aliphatic heterocycles. The lowest BCUT2D eigenvalue weighted by atomic mass is 9.77. The minimum Gasteiger partial charge on any atom is -0.375 e. The van der Waals surface area contributed by atoms with Gasteiger partial charge in [0.1, 0.15) is 11.6 Å². The fourth-order valence-electron chi connectivity index (χ4n) is 3.62. The van der Waals surface area contributed by atoms with Crippen LogP contribution in [0.1, 0.15) is 29.5 Å². The fourth-order valence-corrected chi connectivity index (χ4v) is 4.07. The lowest BCUT2D eigenvalue weighted by Gasteiger charge is -2.37. The van der Waals surface area contributed by atoms with Crippen molar-refractivity contribution in [2.75, 3.05) is 5.32 Å². The van der Waals surface area contributed by atoms with Gasteiger partial charge in [-0.1, -0.05) is 40.2 Å². The van der Waals surface area contributed by atoms with Crippen LogP contribution in [0.2, 0.25) is 0 Å². The van der Waals surface area contributed by atoms with Gasteiger partial charge in [0.15, 0.2) is 0 Å². The summed E-state index contributed by atoms with van der Waals surface area (Å²) in [6.07, 6.45) is 5.25. The van der Waals surface area contributed by atoms with Crippen molar-refractivity contribution in [3.63, 3.8) is 0 Å². The van der Waals surface area contributed by atoms with E-state index < -0.39 is 0 Å². The zero-order valence-corrected chi connectivity index (χ0v) is 13.3. The Labute approximate surface area is 136 Å². The summed E-state index contributed by atoms with van der Waals surface area (Å²) in [5.74, 6) is 0.0105. The molecule has 0 saturated carbocycles. The van der Waals surface area contributed by atoms with Crippen LogP contribution in [0, 0.1) is 17.6 Å². The molecule has 2 aliphatic rings. The van der Waals surface area contributed by atoms with Gasteiger partial charge in [-0.15, -0.1) is 0 Å². The van der Waals surface area contributed by atoms with Crippen LogP contribution >= 0.6 is 15.9 Å². The van der Waals surface area contributed by atoms with Crippen LogP contribution in [0.5, 0.6) is 0 Å². The topological polar surface area (TPSA) is 12.0 Å². The zero-order chi connectivity index (χ0) is 15.3. The molecule has 4 rings (SSSR count). The Balaban J connectivity index is 1.82. The SMILES string of the molecule is Fc1ccc([C@@H]2Nc3c(F)cc(Br)cc3[C@H]3C=CC[C@@H]32)cc1. The maximum atomic E-state index is 14.4. The number of allylic oxidation sites excluding steroid dienone is 2. The molecule has 112 valence electrons. The van der Waals surface area contributed by atoms with Gasteiger partial charge in [0.2, 0.25) is 0 Å². The van der Waals surface area contributed by atoms with Crippen LogP contribution in [0.15, 0.2) is 53.0 Å². The molecule has 22 heavy (non-hydrogen) atoms. The highest BCUT2D eigenvalue weighted by atomic mass is 79.9. The normalized spacial score (nSPS) is 25.5. The predicted octanol–water partition coefficient (Wildman–Crippen LogP) is 5.55. The molecule has 1 N–H and O–H groups in total. The molecule has 1 heterocycles. The van der Waals surface area contributed by atoms with Crippen LogP contribution < -0.4 is 5.32 Å². The Hall–Kier alpha value is -1.68. The van der Waals surface area contributed by atoms with Crippen molar-refractivity contribution >= 4 is 21.6 Å². The quantitative estimate of drug-likeness (QED) is 0.656. The smallest absolute Gasteiger partial charge is 0.147 e. The van der Waals surface area contributed by atoms with Gasteiger partial charge in [-0.3, -0.25) is 0 Å². The van der Waals surface area contributed by atoms with Gasteiger partial charge in [0, 0.05) is 10.4 Å². The van der Waals surface area contributed by atoms with Crippen LogP contribution in [0.3, 0.4) is 0 Å². The molecule has 0 spiro atoms. The number of nitrogens with one attached hydrogen (secondary N) is 1. The highest BCUT2D eigenvalue weighted by molar-refractivity contribution is 9.10. The molecule has 0 unspecified atom stereocenters. The van der Waals surface area contributed by atoms with E-state index in [1.807, 2.05) is 6.07 Å². The number of benzene rings is 2. The van der Waals surface area contributed by atoms with Crippen LogP contribution in [0.25, 0.3) is 0 Å². The molecule has 2 aromatic rings. The number of hydrogen-bond acceptors (Lipinski definition) is 1. The second-order valence-corrected chi connectivity index (χ2v) is 6.79. The second-order valence-electron chi connectivity index (χ2n) is 5.88. The van der Waals surface area contributed by atoms with E-state index in [0.29, 0.717) is 11.6 Å². The number of hydrogen-bond donors (Lipinski definition) is 1. The molecular formula is C18H14BrF2N. The third-order valence-electron chi connectivity index (χ3n) is 4.61. The van der Waals surface area contributed by atoms with E-state index in [9.17, 15) is 8.78 Å². The van der Waals surface area contributed by atoms with E-state index in [4.69, 9.17) is 0 Å². The lowest BCUT2D eigenvalue weighted by Crippen LogP contribution is -2.29. The molecule has 1 nitrogen and oxygen atoms in total. The fraction of sp³-hybridized carbons (Fsp3) is 0.222. The van der Waals surface area contributed by atoms with Crippen molar-refractivity contribution in [1.82, 2.24) is 0 Å². The molecule has 0 fully saturated rings. The van der Waals surface area contributed by atoms with Gasteiger partial charge in [0.25, 0.3) is 0 Å². The molecule has 0 bridgehead atoms. The molecule has 0 saturated heterocycles. The molecule has 0 radical (unpaired) electrons. The van der Waals surface area contributed by atoms with E-state index in [2.05, 4.69) is 33.4 Å². The molecule has 2 aromatic carbocycles. The van der Waals surface area contributed by atoms with Gasteiger partial charge in [-0.2, -0.15) is 0 Å². The Morgan fingerprint density at radius 3 is 2.64 bits per heavy atom. The van der Waals surface area contributed by atoms with Gasteiger partial charge in [-0.25, -0.2) is 8.78 Å². The average Bonchev–Trinajstić information content (AvgIpc) is 2.97. The summed E-state index contributed by atoms with van der Waals surface area (Å²) in [5.41, 5.74) is 2.54. The number of anilines is 1. The van der Waals surface area contributed by atoms with Gasteiger partial charge >= 0.3 is 0 Å². The Bertz CT molecular complexity index is 754. The number of fused-ring (bicyclic) bond motifs is 3. The zero-order valence-electron chi connectivity index (χ0n) is 11.7. The van der Waals surface area contributed by atoms with Crippen LogP contribution in [-0.2, 0) is 0 Å². The summed E-state index contributed by atoms with van der Waals surface area (Å²) >= 11 is 3.37. The van der Waals surface area contributed by atoms with E-state index >= 15 is 0 Å². The number of rotatable bonds is 1. The van der Waals surface area contributed by atoms with E-state index in [1.54, 1.807) is 12.1 Å². The first-order valence-corrected chi connectivity index (χ1v) is 8.10. The summed E-state index contributed by atoms with van der Waals surface area (Å²) in [6, 6.07) is 9.94. The maximum absolute atomic E-state index is 14.4. The standard InChI is InChI=1S/C18H14BrF2N/c19-11-8-15-13-2-1-3-14(13)17(22-18(15)16(21)9-11)10-4-6-12(20)7-5-10/h1-2,4-9,13-14,17,22H,3H2/t13-,14-,17-/m0/s1. The van der Waals surface area contributed by atoms with Crippen molar-refractivity contribution in [2.45, 2.75) is 18.4 Å². The van der Waals surface area contributed by atoms with Crippen molar-refractivity contribution in [3.05, 3.63) is 75.8 Å². The second kappa shape index (κ2) is 5.20. The van der Waals surface area contributed by atoms with Gasteiger partial charge in [0.05, 0.1) is 11.7 Å². The minimum atomic E-state index is -0.254. The largest absolute Gasteiger partial charge is 0.375 e. The molecule has 3 atom stereocenters. The third kappa shape index (κ3) is 2.17. The highest BCUT2D eigenvalue weighted by Gasteiger charge is 2.39. The Morgan fingerprint density at radius 1 is 1.09 bits per heavy atom. The Kier molecular flexibility index (Phi) is 3.30. The summed E-state index contributed by atoms with van der Waals surface area (Å²) in [7, 11) is 0.